The van der Waals surface area contributed by atoms with Crippen LogP contribution in [0.4, 0.5) is 0 Å². The first-order chi connectivity index (χ1) is 9.86. The summed E-state index contributed by atoms with van der Waals surface area (Å²) < 4.78 is 7.76. The van der Waals surface area contributed by atoms with Gasteiger partial charge in [-0.1, -0.05) is 0 Å². The fourth-order valence-corrected chi connectivity index (χ4v) is 4.33. The van der Waals surface area contributed by atoms with Gasteiger partial charge in [0.2, 0.25) is 0 Å². The summed E-state index contributed by atoms with van der Waals surface area (Å²) in [6.07, 6.45) is 0.836. The Balaban J connectivity index is 2.13. The molecule has 1 aromatic carbocycles. The van der Waals surface area contributed by atoms with Crippen LogP contribution in [0.3, 0.4) is 0 Å². The zero-order valence-electron chi connectivity index (χ0n) is 12.2. The molecule has 6 heteroatoms. The van der Waals surface area contributed by atoms with Gasteiger partial charge in [-0.25, -0.2) is 4.98 Å². The minimum absolute atomic E-state index is 0.136. The summed E-state index contributed by atoms with van der Waals surface area (Å²) in [7, 11) is 0. The van der Waals surface area contributed by atoms with E-state index in [9.17, 15) is 0 Å². The summed E-state index contributed by atoms with van der Waals surface area (Å²) in [4.78, 5) is 5.72. The second-order valence-electron chi connectivity index (χ2n) is 5.11. The highest BCUT2D eigenvalue weighted by Crippen LogP contribution is 2.36. The van der Waals surface area contributed by atoms with E-state index in [1.54, 1.807) is 11.3 Å². The summed E-state index contributed by atoms with van der Waals surface area (Å²) in [5.74, 6) is 0.800. The van der Waals surface area contributed by atoms with Crippen LogP contribution < -0.4 is 10.5 Å². The van der Waals surface area contributed by atoms with Gasteiger partial charge in [0, 0.05) is 10.9 Å². The van der Waals surface area contributed by atoms with Crippen LogP contribution in [0, 0.1) is 13.8 Å². The summed E-state index contributed by atoms with van der Waals surface area (Å²) in [6, 6.07) is 4.25. The molecule has 0 fully saturated rings. The Morgan fingerprint density at radius 2 is 1.90 bits per heavy atom. The van der Waals surface area contributed by atoms with Crippen molar-refractivity contribution < 1.29 is 4.74 Å². The van der Waals surface area contributed by atoms with Gasteiger partial charge in [0.25, 0.3) is 0 Å². The largest absolute Gasteiger partial charge is 0.484 e. The van der Waals surface area contributed by atoms with Crippen molar-refractivity contribution in [1.82, 2.24) is 4.98 Å². The molecule has 2 aromatic rings. The molecule has 3 nitrogen and oxygen atoms in total. The van der Waals surface area contributed by atoms with Crippen LogP contribution in [0.15, 0.2) is 21.1 Å². The van der Waals surface area contributed by atoms with Gasteiger partial charge in [0.15, 0.2) is 0 Å². The van der Waals surface area contributed by atoms with E-state index in [4.69, 9.17) is 10.5 Å². The zero-order valence-corrected chi connectivity index (χ0v) is 16.2. The molecule has 1 heterocycles. The molecule has 0 saturated heterocycles. The number of nitrogens with two attached hydrogens (primary N) is 1. The molecule has 0 bridgehead atoms. The minimum atomic E-state index is 0.136. The number of thiazole rings is 1. The Bertz CT molecular complexity index is 598. The number of ether oxygens (including phenoxy) is 1. The summed E-state index contributed by atoms with van der Waals surface area (Å²) in [5, 5.41) is 0.989. The molecule has 1 atom stereocenters. The molecule has 1 unspecified atom stereocenters. The summed E-state index contributed by atoms with van der Waals surface area (Å²) >= 11 is 8.81. The van der Waals surface area contributed by atoms with Crippen molar-refractivity contribution in [3.05, 3.63) is 42.2 Å². The second kappa shape index (κ2) is 7.22. The number of nitrogens with zero attached hydrogens (tertiary/aromatic N) is 1. The summed E-state index contributed by atoms with van der Waals surface area (Å²) in [6.45, 7) is 6.57. The Morgan fingerprint density at radius 3 is 2.38 bits per heavy atom. The predicted molar refractivity (Wildman–Crippen MR) is 95.1 cm³/mol. The van der Waals surface area contributed by atoms with E-state index in [-0.39, 0.29) is 6.04 Å². The van der Waals surface area contributed by atoms with E-state index in [1.165, 1.54) is 10.4 Å². The lowest BCUT2D eigenvalue weighted by molar-refractivity contribution is 0.301. The van der Waals surface area contributed by atoms with Gasteiger partial charge in [-0.2, -0.15) is 0 Å². The fraction of sp³-hybridized carbons (Fsp3) is 0.400. The topological polar surface area (TPSA) is 48.1 Å². The van der Waals surface area contributed by atoms with E-state index >= 15 is 0 Å². The average molecular weight is 434 g/mol. The van der Waals surface area contributed by atoms with Crippen LogP contribution in [-0.2, 0) is 13.0 Å². The highest BCUT2D eigenvalue weighted by Gasteiger charge is 2.12. The number of rotatable bonds is 5. The normalized spacial score (nSPS) is 12.5. The van der Waals surface area contributed by atoms with Crippen LogP contribution in [0.25, 0.3) is 0 Å². The third-order valence-corrected chi connectivity index (χ3v) is 5.25. The molecule has 21 heavy (non-hydrogen) atoms. The monoisotopic (exact) mass is 432 g/mol. The van der Waals surface area contributed by atoms with Crippen LogP contribution in [0.1, 0.15) is 28.1 Å². The Hall–Kier alpha value is -0.430. The maximum atomic E-state index is 5.90. The molecular formula is C15H18Br2N2OS. The quantitative estimate of drug-likeness (QED) is 0.739. The Morgan fingerprint density at radius 1 is 1.29 bits per heavy atom. The summed E-state index contributed by atoms with van der Waals surface area (Å²) in [5.41, 5.74) is 8.10. The molecule has 0 saturated carbocycles. The van der Waals surface area contributed by atoms with Crippen molar-refractivity contribution in [1.29, 1.82) is 0 Å². The van der Waals surface area contributed by atoms with Gasteiger partial charge in [0.05, 0.1) is 14.6 Å². The number of benzene rings is 1. The first-order valence-electron chi connectivity index (χ1n) is 6.66. The predicted octanol–water partition coefficient (Wildman–Crippen LogP) is 4.75. The second-order valence-corrected chi connectivity index (χ2v) is 8.10. The van der Waals surface area contributed by atoms with E-state index in [0.717, 1.165) is 31.8 Å². The maximum absolute atomic E-state index is 5.90. The van der Waals surface area contributed by atoms with Crippen molar-refractivity contribution in [2.75, 3.05) is 0 Å². The molecule has 0 aliphatic heterocycles. The van der Waals surface area contributed by atoms with E-state index < -0.39 is 0 Å². The smallest absolute Gasteiger partial charge is 0.148 e. The van der Waals surface area contributed by atoms with Crippen molar-refractivity contribution in [3.8, 4) is 5.75 Å². The number of hydrogen-bond acceptors (Lipinski definition) is 4. The molecule has 0 spiro atoms. The molecule has 0 radical (unpaired) electrons. The van der Waals surface area contributed by atoms with Crippen LogP contribution in [-0.4, -0.2) is 11.0 Å². The van der Waals surface area contributed by atoms with Crippen molar-refractivity contribution in [2.24, 2.45) is 5.73 Å². The molecule has 0 amide bonds. The van der Waals surface area contributed by atoms with Gasteiger partial charge < -0.3 is 10.5 Å². The van der Waals surface area contributed by atoms with Gasteiger partial charge in [-0.3, -0.25) is 0 Å². The van der Waals surface area contributed by atoms with Gasteiger partial charge >= 0.3 is 0 Å². The van der Waals surface area contributed by atoms with Crippen LogP contribution in [0.5, 0.6) is 5.75 Å². The van der Waals surface area contributed by atoms with Crippen LogP contribution >= 0.6 is 43.2 Å². The zero-order chi connectivity index (χ0) is 15.6. The maximum Gasteiger partial charge on any atom is 0.148 e. The Kier molecular flexibility index (Phi) is 5.82. The first kappa shape index (κ1) is 16.9. The molecule has 2 N–H and O–H groups in total. The molecule has 1 aromatic heterocycles. The highest BCUT2D eigenvalue weighted by molar-refractivity contribution is 9.11. The lowest BCUT2D eigenvalue weighted by atomic mass is 10.1. The van der Waals surface area contributed by atoms with Crippen LogP contribution in [0.2, 0.25) is 0 Å². The fourth-order valence-electron chi connectivity index (χ4n) is 1.97. The van der Waals surface area contributed by atoms with Crippen molar-refractivity contribution in [2.45, 2.75) is 39.8 Å². The number of hydrogen-bond donors (Lipinski definition) is 1. The number of aromatic nitrogens is 1. The first-order valence-corrected chi connectivity index (χ1v) is 9.06. The van der Waals surface area contributed by atoms with Crippen molar-refractivity contribution in [3.63, 3.8) is 0 Å². The molecule has 0 aliphatic rings. The van der Waals surface area contributed by atoms with Gasteiger partial charge in [0.1, 0.15) is 17.4 Å². The van der Waals surface area contributed by atoms with E-state index in [1.807, 2.05) is 13.8 Å². The SMILES string of the molecule is Cc1nc(COc2c(Br)cc(CC(C)N)cc2Br)sc1C. The molecule has 114 valence electrons. The minimum Gasteiger partial charge on any atom is -0.484 e. The third-order valence-electron chi connectivity index (χ3n) is 3.03. The molecule has 0 aliphatic carbocycles. The van der Waals surface area contributed by atoms with Crippen molar-refractivity contribution >= 4 is 43.2 Å². The standard InChI is InChI=1S/C15H18Br2N2OS/c1-8(18)4-11-5-12(16)15(13(17)6-11)20-7-14-19-9(2)10(3)21-14/h5-6,8H,4,7,18H2,1-3H3. The van der Waals surface area contributed by atoms with E-state index in [0.29, 0.717) is 6.61 Å². The average Bonchev–Trinajstić information content (AvgIpc) is 2.66. The molecular weight excluding hydrogens is 416 g/mol. The Labute approximate surface area is 146 Å². The molecule has 2 rings (SSSR count). The third kappa shape index (κ3) is 4.52. The van der Waals surface area contributed by atoms with Gasteiger partial charge in [-0.15, -0.1) is 11.3 Å². The number of aryl methyl sites for hydroxylation is 2. The lowest BCUT2D eigenvalue weighted by Crippen LogP contribution is -2.17. The number of halogens is 2. The highest BCUT2D eigenvalue weighted by atomic mass is 79.9. The lowest BCUT2D eigenvalue weighted by Gasteiger charge is -2.12. The van der Waals surface area contributed by atoms with Gasteiger partial charge in [-0.05, 0) is 76.7 Å². The van der Waals surface area contributed by atoms with E-state index in [2.05, 4.69) is 55.9 Å².